The van der Waals surface area contributed by atoms with Gasteiger partial charge in [-0.25, -0.2) is 0 Å². The Bertz CT molecular complexity index is 824. The Morgan fingerprint density at radius 1 is 1.11 bits per heavy atom. The maximum atomic E-state index is 11.0. The molecule has 0 bridgehead atoms. The molecule has 1 aromatic heterocycles. The average molecular weight is 233 g/mol. The summed E-state index contributed by atoms with van der Waals surface area (Å²) in [4.78, 5) is 11.0. The van der Waals surface area contributed by atoms with Crippen molar-refractivity contribution >= 4 is 34.2 Å². The van der Waals surface area contributed by atoms with Crippen LogP contribution in [0.3, 0.4) is 0 Å². The largest absolute Gasteiger partial charge is 0.336 e. The quantitative estimate of drug-likeness (QED) is 0.588. The van der Waals surface area contributed by atoms with Crippen LogP contribution in [0.25, 0.3) is 27.9 Å². The van der Waals surface area contributed by atoms with Crippen molar-refractivity contribution in [3.8, 4) is 0 Å². The Hall–Kier alpha value is -2.35. The predicted molar refractivity (Wildman–Crippen MR) is 73.9 cm³/mol. The number of nitrogens with zero attached hydrogens (tertiary/aromatic N) is 1. The molecule has 0 unspecified atom stereocenters. The number of rotatable bonds is 1. The van der Waals surface area contributed by atoms with Gasteiger partial charge in [-0.2, -0.15) is 0 Å². The Kier molecular flexibility index (Phi) is 1.78. The summed E-state index contributed by atoms with van der Waals surface area (Å²) in [7, 11) is 0. The van der Waals surface area contributed by atoms with Crippen LogP contribution in [0.2, 0.25) is 0 Å². The van der Waals surface area contributed by atoms with Gasteiger partial charge < -0.3 is 4.57 Å². The van der Waals surface area contributed by atoms with Gasteiger partial charge in [-0.3, -0.25) is 4.79 Å². The van der Waals surface area contributed by atoms with Gasteiger partial charge in [0.15, 0.2) is 0 Å². The van der Waals surface area contributed by atoms with Crippen LogP contribution in [0.15, 0.2) is 42.5 Å². The highest BCUT2D eigenvalue weighted by Crippen LogP contribution is 2.34. The lowest BCUT2D eigenvalue weighted by Gasteiger charge is -2.11. The summed E-state index contributed by atoms with van der Waals surface area (Å²) < 4.78 is 2.31. The highest BCUT2D eigenvalue weighted by molar-refractivity contribution is 6.12. The number of hydrogen-bond acceptors (Lipinski definition) is 1. The van der Waals surface area contributed by atoms with Crippen molar-refractivity contribution < 1.29 is 4.79 Å². The minimum atomic E-state index is 0.743. The van der Waals surface area contributed by atoms with Gasteiger partial charge in [-0.05, 0) is 23.8 Å². The molecule has 0 N–H and O–H groups in total. The third kappa shape index (κ3) is 1.10. The van der Waals surface area contributed by atoms with Crippen molar-refractivity contribution in [2.24, 2.45) is 0 Å². The number of benzene rings is 2. The zero-order chi connectivity index (χ0) is 12.1. The first-order chi connectivity index (χ1) is 8.88. The van der Waals surface area contributed by atoms with Crippen molar-refractivity contribution in [3.63, 3.8) is 0 Å². The van der Waals surface area contributed by atoms with Crippen LogP contribution in [0, 0.1) is 0 Å². The van der Waals surface area contributed by atoms with Crippen LogP contribution >= 0.6 is 0 Å². The Labute approximate surface area is 104 Å². The van der Waals surface area contributed by atoms with Gasteiger partial charge in [0.2, 0.25) is 0 Å². The maximum Gasteiger partial charge on any atom is 0.150 e. The lowest BCUT2D eigenvalue weighted by atomic mass is 10.0. The number of carbonyl (C=O) groups is 1. The number of aromatic nitrogens is 1. The third-order valence-corrected chi connectivity index (χ3v) is 3.64. The van der Waals surface area contributed by atoms with E-state index in [9.17, 15) is 4.79 Å². The summed E-state index contributed by atoms with van der Waals surface area (Å²) in [6.07, 6.45) is 5.17. The summed E-state index contributed by atoms with van der Waals surface area (Å²) in [5.74, 6) is 0. The molecular formula is C16H11NO. The van der Waals surface area contributed by atoms with E-state index < -0.39 is 0 Å². The molecule has 0 fully saturated rings. The van der Waals surface area contributed by atoms with E-state index in [1.54, 1.807) is 0 Å². The number of hydrogen-bond donors (Lipinski definition) is 0. The lowest BCUT2D eigenvalue weighted by Crippen LogP contribution is -2.00. The number of aldehydes is 1. The van der Waals surface area contributed by atoms with Gasteiger partial charge in [0.25, 0.3) is 0 Å². The van der Waals surface area contributed by atoms with Crippen molar-refractivity contribution in [1.29, 1.82) is 0 Å². The summed E-state index contributed by atoms with van der Waals surface area (Å²) in [5.41, 5.74) is 4.36. The van der Waals surface area contributed by atoms with Crippen LogP contribution in [0.4, 0.5) is 0 Å². The van der Waals surface area contributed by atoms with Gasteiger partial charge in [0.05, 0.1) is 5.52 Å². The zero-order valence-electron chi connectivity index (χ0n) is 9.76. The minimum Gasteiger partial charge on any atom is -0.336 e. The lowest BCUT2D eigenvalue weighted by molar-refractivity contribution is 0.112. The van der Waals surface area contributed by atoms with E-state index in [0.29, 0.717) is 0 Å². The fraction of sp³-hybridized carbons (Fsp3) is 0.0625. The first-order valence-electron chi connectivity index (χ1n) is 6.05. The highest BCUT2D eigenvalue weighted by Gasteiger charge is 2.15. The molecule has 0 aliphatic carbocycles. The number of carbonyl (C=O) groups excluding carboxylic acids is 1. The summed E-state index contributed by atoms with van der Waals surface area (Å²) in [5, 5.41) is 2.40. The smallest absolute Gasteiger partial charge is 0.150 e. The van der Waals surface area contributed by atoms with E-state index in [0.717, 1.165) is 24.0 Å². The molecule has 0 amide bonds. The number of para-hydroxylation sites is 1. The van der Waals surface area contributed by atoms with Crippen LogP contribution in [0.5, 0.6) is 0 Å². The van der Waals surface area contributed by atoms with Crippen molar-refractivity contribution in [3.05, 3.63) is 53.6 Å². The zero-order valence-corrected chi connectivity index (χ0v) is 9.76. The monoisotopic (exact) mass is 233 g/mol. The molecule has 1 aliphatic heterocycles. The predicted octanol–water partition coefficient (Wildman–Crippen LogP) is 3.63. The Morgan fingerprint density at radius 2 is 2.00 bits per heavy atom. The molecular weight excluding hydrogens is 222 g/mol. The van der Waals surface area contributed by atoms with E-state index in [4.69, 9.17) is 0 Å². The number of fused-ring (bicyclic) bond motifs is 3. The normalized spacial score (nSPS) is 13.3. The molecule has 2 aromatic carbocycles. The standard InChI is InChI=1S/C16H11NO/c18-10-11-8-12-4-3-7-17-15-6-2-1-5-13(15)14(9-11)16(12)17/h1-6,8-10H,7H2. The number of allylic oxidation sites excluding steroid dienone is 1. The maximum absolute atomic E-state index is 11.0. The highest BCUT2D eigenvalue weighted by atomic mass is 16.1. The first-order valence-corrected chi connectivity index (χ1v) is 6.05. The van der Waals surface area contributed by atoms with Gasteiger partial charge in [0, 0.05) is 28.4 Å². The van der Waals surface area contributed by atoms with E-state index in [-0.39, 0.29) is 0 Å². The topological polar surface area (TPSA) is 22.0 Å². The molecule has 18 heavy (non-hydrogen) atoms. The summed E-state index contributed by atoms with van der Waals surface area (Å²) in [6.45, 7) is 0.900. The van der Waals surface area contributed by atoms with E-state index >= 15 is 0 Å². The van der Waals surface area contributed by atoms with Gasteiger partial charge in [-0.15, -0.1) is 0 Å². The molecule has 0 saturated heterocycles. The molecule has 2 nitrogen and oxygen atoms in total. The molecule has 2 heterocycles. The second-order valence-corrected chi connectivity index (χ2v) is 4.65. The molecule has 1 aliphatic rings. The van der Waals surface area contributed by atoms with Crippen molar-refractivity contribution in [2.75, 3.05) is 0 Å². The van der Waals surface area contributed by atoms with Crippen LogP contribution in [-0.4, -0.2) is 10.9 Å². The van der Waals surface area contributed by atoms with E-state index in [2.05, 4.69) is 34.9 Å². The van der Waals surface area contributed by atoms with Crippen LogP contribution < -0.4 is 0 Å². The molecule has 0 spiro atoms. The fourth-order valence-electron chi connectivity index (χ4n) is 2.91. The molecule has 3 aromatic rings. The van der Waals surface area contributed by atoms with Crippen molar-refractivity contribution in [2.45, 2.75) is 6.54 Å². The second kappa shape index (κ2) is 3.33. The molecule has 2 heteroatoms. The summed E-state index contributed by atoms with van der Waals surface area (Å²) in [6, 6.07) is 12.3. The van der Waals surface area contributed by atoms with Gasteiger partial charge >= 0.3 is 0 Å². The van der Waals surface area contributed by atoms with Gasteiger partial charge in [0.1, 0.15) is 6.29 Å². The SMILES string of the molecule is O=Cc1cc2c3c(c1)c1ccccc1n3CC=C2. The molecule has 0 saturated carbocycles. The fourth-order valence-corrected chi connectivity index (χ4v) is 2.91. The molecule has 0 radical (unpaired) electrons. The molecule has 4 rings (SSSR count). The molecule has 0 atom stereocenters. The minimum absolute atomic E-state index is 0.743. The second-order valence-electron chi connectivity index (χ2n) is 4.65. The Balaban J connectivity index is 2.32. The van der Waals surface area contributed by atoms with E-state index in [1.807, 2.05) is 18.2 Å². The van der Waals surface area contributed by atoms with Gasteiger partial charge in [-0.1, -0.05) is 30.4 Å². The third-order valence-electron chi connectivity index (χ3n) is 3.64. The first kappa shape index (κ1) is 9.66. The summed E-state index contributed by atoms with van der Waals surface area (Å²) >= 11 is 0. The Morgan fingerprint density at radius 3 is 2.89 bits per heavy atom. The molecule has 86 valence electrons. The van der Waals surface area contributed by atoms with E-state index in [1.165, 1.54) is 21.8 Å². The van der Waals surface area contributed by atoms with Crippen LogP contribution in [-0.2, 0) is 6.54 Å². The van der Waals surface area contributed by atoms with Crippen molar-refractivity contribution in [1.82, 2.24) is 4.57 Å². The average Bonchev–Trinajstić information content (AvgIpc) is 2.76. The van der Waals surface area contributed by atoms with Crippen LogP contribution in [0.1, 0.15) is 15.9 Å².